The molecule has 308 valence electrons. The van der Waals surface area contributed by atoms with Crippen LogP contribution < -0.4 is 21.2 Å². The predicted molar refractivity (Wildman–Crippen MR) is 261 cm³/mol. The predicted octanol–water partition coefficient (Wildman–Crippen LogP) is 14.2. The SMILES string of the molecule is CCC(=C1CCCC/C1=C(\CC)P(c1ccccc1)c1ccccc1)P(c1ccccc1)c1ccccc1.Oc1ccc2ccccc2c1-c1c(O)ccc2ccccc12.[Pt]. The first-order chi connectivity index (χ1) is 29.6. The smallest absolute Gasteiger partial charge is 0.124 e. The molecule has 0 saturated heterocycles. The standard InChI is InChI=1S/C36H38P2.C20H14O2.Pt/c1-3-35(37(29-19-9-5-10-20-29)30-21-11-6-12-22-30)33-27-17-18-28-34(33)36(4-2)38(31-23-13-7-14-24-31)32-25-15-8-16-26-32;21-17-11-9-13-5-1-3-7-15(13)19(17)20-16-8-4-2-6-14(16)10-12-18(20)22;/h5-16,19-26H,3-4,17-18,27-28H2,1-2H3;1-12,21-22H;/b35-33-,36-34?;;. The molecule has 9 rings (SSSR count). The molecule has 61 heavy (non-hydrogen) atoms. The molecular weight excluding hydrogens is 962 g/mol. The van der Waals surface area contributed by atoms with Gasteiger partial charge in [-0.2, -0.15) is 0 Å². The van der Waals surface area contributed by atoms with Gasteiger partial charge in [0.25, 0.3) is 0 Å². The Labute approximate surface area is 378 Å². The minimum absolute atomic E-state index is 0. The summed E-state index contributed by atoms with van der Waals surface area (Å²) in [7, 11) is -1.14. The number of rotatable bonds is 9. The van der Waals surface area contributed by atoms with Gasteiger partial charge in [0.2, 0.25) is 0 Å². The molecule has 0 aromatic heterocycles. The van der Waals surface area contributed by atoms with Crippen molar-refractivity contribution in [1.82, 2.24) is 0 Å². The summed E-state index contributed by atoms with van der Waals surface area (Å²) < 4.78 is 0. The summed E-state index contributed by atoms with van der Waals surface area (Å²) in [6.07, 6.45) is 7.18. The fourth-order valence-corrected chi connectivity index (χ4v) is 14.2. The monoisotopic (exact) mass is 1010 g/mol. The van der Waals surface area contributed by atoms with E-state index in [0.717, 1.165) is 34.4 Å². The minimum atomic E-state index is -0.569. The van der Waals surface area contributed by atoms with Gasteiger partial charge in [-0.05, 0) is 131 Å². The van der Waals surface area contributed by atoms with Gasteiger partial charge >= 0.3 is 0 Å². The van der Waals surface area contributed by atoms with E-state index in [0.29, 0.717) is 11.1 Å². The molecule has 0 unspecified atom stereocenters. The van der Waals surface area contributed by atoms with Gasteiger partial charge in [0.15, 0.2) is 0 Å². The van der Waals surface area contributed by atoms with Crippen LogP contribution in [0.4, 0.5) is 0 Å². The average Bonchev–Trinajstić information content (AvgIpc) is 3.31. The number of fused-ring (bicyclic) bond motifs is 2. The maximum atomic E-state index is 10.4. The van der Waals surface area contributed by atoms with Gasteiger partial charge in [0.1, 0.15) is 11.5 Å². The molecule has 2 nitrogen and oxygen atoms in total. The molecule has 0 aliphatic heterocycles. The molecule has 0 spiro atoms. The van der Waals surface area contributed by atoms with Crippen molar-refractivity contribution in [3.05, 3.63) is 216 Å². The minimum Gasteiger partial charge on any atom is -0.507 e. The van der Waals surface area contributed by atoms with Crippen molar-refractivity contribution in [2.75, 3.05) is 0 Å². The van der Waals surface area contributed by atoms with Crippen molar-refractivity contribution in [3.63, 3.8) is 0 Å². The van der Waals surface area contributed by atoms with Gasteiger partial charge in [0.05, 0.1) is 0 Å². The van der Waals surface area contributed by atoms with Gasteiger partial charge in [0, 0.05) is 32.2 Å². The second-order valence-corrected chi connectivity index (χ2v) is 19.6. The normalized spacial score (nSPS) is 14.3. The Morgan fingerprint density at radius 3 is 1.00 bits per heavy atom. The zero-order valence-electron chi connectivity index (χ0n) is 34.8. The summed E-state index contributed by atoms with van der Waals surface area (Å²) in [5.41, 5.74) is 4.70. The molecule has 0 amide bonds. The number of benzene rings is 8. The first-order valence-corrected chi connectivity index (χ1v) is 23.9. The summed E-state index contributed by atoms with van der Waals surface area (Å²) in [5, 5.41) is 34.0. The van der Waals surface area contributed by atoms with E-state index in [9.17, 15) is 10.2 Å². The summed E-state index contributed by atoms with van der Waals surface area (Å²) in [5.74, 6) is 0.343. The van der Waals surface area contributed by atoms with E-state index in [2.05, 4.69) is 135 Å². The van der Waals surface area contributed by atoms with E-state index in [1.54, 1.807) is 33.9 Å². The van der Waals surface area contributed by atoms with Crippen molar-refractivity contribution in [2.24, 2.45) is 0 Å². The van der Waals surface area contributed by atoms with Crippen LogP contribution in [0.5, 0.6) is 11.5 Å². The molecule has 0 atom stereocenters. The average molecular weight is 1010 g/mol. The number of hydrogen-bond acceptors (Lipinski definition) is 2. The zero-order valence-corrected chi connectivity index (χ0v) is 38.9. The van der Waals surface area contributed by atoms with Crippen molar-refractivity contribution in [3.8, 4) is 22.6 Å². The van der Waals surface area contributed by atoms with E-state index >= 15 is 0 Å². The fourth-order valence-electron chi connectivity index (χ4n) is 8.83. The molecular formula is C56H52O2P2Pt. The van der Waals surface area contributed by atoms with E-state index in [-0.39, 0.29) is 32.6 Å². The van der Waals surface area contributed by atoms with Crippen LogP contribution in [0, 0.1) is 0 Å². The number of aromatic hydroxyl groups is 2. The number of phenolic OH excluding ortho intramolecular Hbond substituents is 2. The molecule has 1 fully saturated rings. The van der Waals surface area contributed by atoms with Crippen LogP contribution in [0.15, 0.2) is 216 Å². The Bertz CT molecular complexity index is 2480. The van der Waals surface area contributed by atoms with Crippen molar-refractivity contribution >= 4 is 58.6 Å². The van der Waals surface area contributed by atoms with Crippen LogP contribution in [0.1, 0.15) is 52.4 Å². The maximum Gasteiger partial charge on any atom is 0.124 e. The Morgan fingerprint density at radius 1 is 0.393 bits per heavy atom. The second kappa shape index (κ2) is 21.1. The molecule has 1 saturated carbocycles. The first-order valence-electron chi connectivity index (χ1n) is 21.2. The molecule has 1 aliphatic carbocycles. The Morgan fingerprint density at radius 2 is 0.689 bits per heavy atom. The van der Waals surface area contributed by atoms with E-state index < -0.39 is 15.8 Å². The van der Waals surface area contributed by atoms with Crippen LogP contribution in [-0.4, -0.2) is 10.2 Å². The van der Waals surface area contributed by atoms with Gasteiger partial charge in [-0.3, -0.25) is 0 Å². The number of hydrogen-bond donors (Lipinski definition) is 2. The van der Waals surface area contributed by atoms with E-state index in [4.69, 9.17) is 0 Å². The molecule has 1 aliphatic rings. The van der Waals surface area contributed by atoms with Crippen molar-refractivity contribution < 1.29 is 31.3 Å². The molecule has 0 bridgehead atoms. The third-order valence-electron chi connectivity index (χ3n) is 11.5. The number of phenols is 2. The quantitative estimate of drug-likeness (QED) is 0.141. The third kappa shape index (κ3) is 9.70. The van der Waals surface area contributed by atoms with Gasteiger partial charge in [-0.15, -0.1) is 0 Å². The van der Waals surface area contributed by atoms with Gasteiger partial charge in [-0.1, -0.05) is 196 Å². The molecule has 5 heteroatoms. The molecule has 0 heterocycles. The molecule has 0 radical (unpaired) electrons. The largest absolute Gasteiger partial charge is 0.507 e. The Hall–Kier alpha value is -5.09. The Kier molecular flexibility index (Phi) is 15.2. The number of allylic oxidation sites excluding steroid dienone is 4. The van der Waals surface area contributed by atoms with Crippen LogP contribution >= 0.6 is 15.8 Å². The summed E-state index contributed by atoms with van der Waals surface area (Å²) >= 11 is 0. The van der Waals surface area contributed by atoms with Gasteiger partial charge < -0.3 is 10.2 Å². The van der Waals surface area contributed by atoms with Crippen molar-refractivity contribution in [1.29, 1.82) is 0 Å². The van der Waals surface area contributed by atoms with Crippen LogP contribution in [-0.2, 0) is 21.1 Å². The second-order valence-electron chi connectivity index (χ2n) is 15.1. The molecule has 2 N–H and O–H groups in total. The third-order valence-corrected chi connectivity index (χ3v) is 17.0. The molecule has 8 aromatic rings. The van der Waals surface area contributed by atoms with Crippen LogP contribution in [0.2, 0.25) is 0 Å². The topological polar surface area (TPSA) is 40.5 Å². The first kappa shape index (κ1) is 44.0. The maximum absolute atomic E-state index is 10.4. The van der Waals surface area contributed by atoms with E-state index in [1.165, 1.54) is 46.9 Å². The van der Waals surface area contributed by atoms with E-state index in [1.807, 2.05) is 60.7 Å². The summed E-state index contributed by atoms with van der Waals surface area (Å²) in [6.45, 7) is 4.77. The van der Waals surface area contributed by atoms with Crippen LogP contribution in [0.25, 0.3) is 32.7 Å². The molecule has 8 aromatic carbocycles. The Balaban J connectivity index is 0.000000207. The van der Waals surface area contributed by atoms with Gasteiger partial charge in [-0.25, -0.2) is 0 Å². The zero-order chi connectivity index (χ0) is 41.3. The van der Waals surface area contributed by atoms with Crippen molar-refractivity contribution in [2.45, 2.75) is 52.4 Å². The summed E-state index contributed by atoms with van der Waals surface area (Å²) in [6, 6.07) is 68.0. The fraction of sp³-hybridized carbons (Fsp3) is 0.143. The summed E-state index contributed by atoms with van der Waals surface area (Å²) in [4.78, 5) is 0. The van der Waals surface area contributed by atoms with Crippen LogP contribution in [0.3, 0.4) is 0 Å².